The zero-order chi connectivity index (χ0) is 6.85. The first kappa shape index (κ1) is 10.3. The Kier molecular flexibility index (Phi) is 4.36. The summed E-state index contributed by atoms with van der Waals surface area (Å²) in [6.45, 7) is 1.59. The molecular formula is C6H5FNNaS. The predicted molar refractivity (Wildman–Crippen MR) is 34.6 cm³/mol. The number of halogens is 1. The van der Waals surface area contributed by atoms with Crippen LogP contribution in [0.5, 0.6) is 0 Å². The van der Waals surface area contributed by atoms with Gasteiger partial charge in [0.05, 0.1) is 5.69 Å². The number of nitrogens with zero attached hydrogens (tertiary/aromatic N) is 1. The van der Waals surface area contributed by atoms with Crippen LogP contribution in [0.15, 0.2) is 17.2 Å². The molecule has 1 rings (SSSR count). The van der Waals surface area contributed by atoms with Gasteiger partial charge < -0.3 is 12.6 Å². The van der Waals surface area contributed by atoms with E-state index in [1.807, 2.05) is 0 Å². The van der Waals surface area contributed by atoms with Crippen molar-refractivity contribution in [2.75, 3.05) is 0 Å². The first-order valence-corrected chi connectivity index (χ1v) is 2.91. The fourth-order valence-electron chi connectivity index (χ4n) is 0.525. The average molecular weight is 165 g/mol. The summed E-state index contributed by atoms with van der Waals surface area (Å²) in [7, 11) is 0. The molecule has 0 saturated heterocycles. The van der Waals surface area contributed by atoms with Gasteiger partial charge in [-0.2, -0.15) is 0 Å². The maximum Gasteiger partial charge on any atom is 1.00 e. The Labute approximate surface area is 86.7 Å². The van der Waals surface area contributed by atoms with Gasteiger partial charge >= 0.3 is 29.6 Å². The van der Waals surface area contributed by atoms with E-state index < -0.39 is 0 Å². The van der Waals surface area contributed by atoms with Gasteiger partial charge in [-0.25, -0.2) is 4.39 Å². The van der Waals surface area contributed by atoms with Crippen LogP contribution in [0.3, 0.4) is 0 Å². The molecule has 4 heteroatoms. The minimum atomic E-state index is -0.382. The molecule has 0 aromatic carbocycles. The molecule has 1 nitrogen and oxygen atoms in total. The van der Waals surface area contributed by atoms with Crippen molar-refractivity contribution in [2.24, 2.45) is 0 Å². The van der Waals surface area contributed by atoms with E-state index in [0.717, 1.165) is 0 Å². The number of hydrogen-bond acceptors (Lipinski definition) is 2. The van der Waals surface area contributed by atoms with E-state index in [9.17, 15) is 4.39 Å². The van der Waals surface area contributed by atoms with E-state index in [1.165, 1.54) is 12.3 Å². The summed E-state index contributed by atoms with van der Waals surface area (Å²) in [6.07, 6.45) is 1.50. The van der Waals surface area contributed by atoms with E-state index >= 15 is 0 Å². The molecule has 0 atom stereocenters. The molecule has 0 saturated carbocycles. The van der Waals surface area contributed by atoms with Crippen molar-refractivity contribution >= 4 is 12.6 Å². The van der Waals surface area contributed by atoms with Gasteiger partial charge in [-0.3, -0.25) is 4.98 Å². The third-order valence-electron chi connectivity index (χ3n) is 1.03. The van der Waals surface area contributed by atoms with E-state index in [2.05, 4.69) is 17.6 Å². The third kappa shape index (κ3) is 2.16. The predicted octanol–water partition coefficient (Wildman–Crippen LogP) is -1.56. The normalized spacial score (nSPS) is 8.60. The Morgan fingerprint density at radius 3 is 2.60 bits per heavy atom. The SMILES string of the molecule is Cc1nccc([S-])c1F.[Na+]. The van der Waals surface area contributed by atoms with Crippen LogP contribution in [0.4, 0.5) is 4.39 Å². The molecule has 0 amide bonds. The zero-order valence-corrected chi connectivity index (χ0v) is 8.70. The second kappa shape index (κ2) is 4.23. The first-order chi connectivity index (χ1) is 4.22. The Morgan fingerprint density at radius 2 is 2.20 bits per heavy atom. The molecule has 0 spiro atoms. The Balaban J connectivity index is 0.000000810. The molecule has 48 valence electrons. The Morgan fingerprint density at radius 1 is 1.60 bits per heavy atom. The average Bonchev–Trinajstić information content (AvgIpc) is 1.83. The van der Waals surface area contributed by atoms with Crippen LogP contribution >= 0.6 is 0 Å². The minimum absolute atomic E-state index is 0. The maximum absolute atomic E-state index is 12.6. The van der Waals surface area contributed by atoms with Crippen LogP contribution in [0.1, 0.15) is 5.69 Å². The van der Waals surface area contributed by atoms with Crippen LogP contribution in [0.2, 0.25) is 0 Å². The van der Waals surface area contributed by atoms with Crippen molar-refractivity contribution < 1.29 is 33.9 Å². The molecular weight excluding hydrogens is 160 g/mol. The number of hydrogen-bond donors (Lipinski definition) is 0. The Bertz CT molecular complexity index is 209. The summed E-state index contributed by atoms with van der Waals surface area (Å²) in [5.41, 5.74) is 0.363. The van der Waals surface area contributed by atoms with E-state index in [-0.39, 0.29) is 40.3 Å². The molecule has 0 aliphatic heterocycles. The standard InChI is InChI=1S/C6H6FNS.Na/c1-4-6(7)5(9)2-3-8-4;/h2-3H,1H3,(H,8,9);/q;+1/p-1. The summed E-state index contributed by atoms with van der Waals surface area (Å²) in [6, 6.07) is 1.47. The molecule has 1 aromatic rings. The number of aromatic nitrogens is 1. The second-order valence-electron chi connectivity index (χ2n) is 1.71. The van der Waals surface area contributed by atoms with Crippen molar-refractivity contribution in [3.05, 3.63) is 23.8 Å². The monoisotopic (exact) mass is 165 g/mol. The van der Waals surface area contributed by atoms with Crippen molar-refractivity contribution in [2.45, 2.75) is 11.8 Å². The van der Waals surface area contributed by atoms with E-state index in [0.29, 0.717) is 5.69 Å². The van der Waals surface area contributed by atoms with Crippen molar-refractivity contribution in [3.8, 4) is 0 Å². The molecule has 0 aliphatic carbocycles. The summed E-state index contributed by atoms with van der Waals surface area (Å²) in [5, 5.41) is 0. The molecule has 1 aromatic heterocycles. The second-order valence-corrected chi connectivity index (χ2v) is 2.15. The largest absolute Gasteiger partial charge is 1.00 e. The molecule has 0 N–H and O–H groups in total. The van der Waals surface area contributed by atoms with Crippen LogP contribution < -0.4 is 29.6 Å². The first-order valence-electron chi connectivity index (χ1n) is 2.50. The van der Waals surface area contributed by atoms with Gasteiger partial charge in [0.15, 0.2) is 0 Å². The molecule has 0 radical (unpaired) electrons. The van der Waals surface area contributed by atoms with E-state index in [1.54, 1.807) is 6.92 Å². The number of aryl methyl sites for hydroxylation is 1. The summed E-state index contributed by atoms with van der Waals surface area (Å²) in [5.74, 6) is -0.382. The van der Waals surface area contributed by atoms with Crippen LogP contribution in [-0.2, 0) is 12.6 Å². The van der Waals surface area contributed by atoms with Gasteiger partial charge in [0.2, 0.25) is 0 Å². The van der Waals surface area contributed by atoms with Gasteiger partial charge in [-0.15, -0.1) is 4.90 Å². The van der Waals surface area contributed by atoms with Crippen molar-refractivity contribution in [1.29, 1.82) is 0 Å². The molecule has 0 fully saturated rings. The number of rotatable bonds is 0. The summed E-state index contributed by atoms with van der Waals surface area (Å²) in [4.78, 5) is 3.94. The van der Waals surface area contributed by atoms with Crippen LogP contribution in [0, 0.1) is 12.7 Å². The van der Waals surface area contributed by atoms with Gasteiger partial charge in [-0.05, 0) is 6.92 Å². The Hall–Kier alpha value is 0.300. The molecule has 10 heavy (non-hydrogen) atoms. The van der Waals surface area contributed by atoms with Gasteiger partial charge in [0, 0.05) is 6.20 Å². The molecule has 0 aliphatic rings. The summed E-state index contributed by atoms with van der Waals surface area (Å²) < 4.78 is 12.6. The topological polar surface area (TPSA) is 12.9 Å². The molecule has 0 bridgehead atoms. The molecule has 1 heterocycles. The zero-order valence-electron chi connectivity index (χ0n) is 5.89. The van der Waals surface area contributed by atoms with Gasteiger partial charge in [0.1, 0.15) is 5.82 Å². The van der Waals surface area contributed by atoms with Gasteiger partial charge in [-0.1, -0.05) is 6.07 Å². The fraction of sp³-hybridized carbons (Fsp3) is 0.167. The van der Waals surface area contributed by atoms with E-state index in [4.69, 9.17) is 0 Å². The molecule has 0 unspecified atom stereocenters. The van der Waals surface area contributed by atoms with Crippen molar-refractivity contribution in [1.82, 2.24) is 4.98 Å². The maximum atomic E-state index is 12.6. The third-order valence-corrected chi connectivity index (χ3v) is 1.34. The fourth-order valence-corrected chi connectivity index (χ4v) is 0.733. The summed E-state index contributed by atoms with van der Waals surface area (Å²) >= 11 is 4.63. The smallest absolute Gasteiger partial charge is 0.777 e. The minimum Gasteiger partial charge on any atom is -0.777 e. The quantitative estimate of drug-likeness (QED) is 0.340. The van der Waals surface area contributed by atoms with Crippen molar-refractivity contribution in [3.63, 3.8) is 0 Å². The van der Waals surface area contributed by atoms with Crippen LogP contribution in [0.25, 0.3) is 0 Å². The van der Waals surface area contributed by atoms with Crippen LogP contribution in [-0.4, -0.2) is 4.98 Å². The number of pyridine rings is 1. The van der Waals surface area contributed by atoms with Gasteiger partial charge in [0.25, 0.3) is 0 Å².